The number of piperidine rings is 1. The molecule has 0 amide bonds. The fourth-order valence-corrected chi connectivity index (χ4v) is 5.92. The first-order valence-corrected chi connectivity index (χ1v) is 13.5. The van der Waals surface area contributed by atoms with Crippen molar-refractivity contribution in [1.82, 2.24) is 14.5 Å². The Kier molecular flexibility index (Phi) is 8.76. The van der Waals surface area contributed by atoms with Gasteiger partial charge >= 0.3 is 5.97 Å². The third kappa shape index (κ3) is 6.07. The average molecular weight is 468 g/mol. The van der Waals surface area contributed by atoms with Crippen molar-refractivity contribution in [2.45, 2.75) is 96.6 Å². The number of para-hydroxylation sites is 2. The Morgan fingerprint density at radius 3 is 2.41 bits per heavy atom. The first-order valence-electron chi connectivity index (χ1n) is 13.5. The number of carbonyl (C=O) groups is 1. The van der Waals surface area contributed by atoms with Crippen LogP contribution in [-0.2, 0) is 16.0 Å². The Bertz CT molecular complexity index is 1000. The molecule has 6 nitrogen and oxygen atoms in total. The summed E-state index contributed by atoms with van der Waals surface area (Å²) in [6.07, 6.45) is 12.3. The first kappa shape index (κ1) is 24.9. The van der Waals surface area contributed by atoms with Gasteiger partial charge in [0.25, 0.3) is 5.56 Å². The van der Waals surface area contributed by atoms with Crippen LogP contribution in [-0.4, -0.2) is 46.2 Å². The minimum Gasteiger partial charge on any atom is -0.466 e. The molecule has 1 aliphatic carbocycles. The van der Waals surface area contributed by atoms with Gasteiger partial charge in [0.2, 0.25) is 0 Å². The lowest BCUT2D eigenvalue weighted by Gasteiger charge is -2.39. The van der Waals surface area contributed by atoms with Crippen LogP contribution in [0.5, 0.6) is 0 Å². The molecule has 1 atom stereocenters. The number of esters is 1. The second kappa shape index (κ2) is 12.0. The molecule has 34 heavy (non-hydrogen) atoms. The molecule has 2 fully saturated rings. The van der Waals surface area contributed by atoms with Gasteiger partial charge in [0.05, 0.1) is 17.6 Å². The number of aromatic nitrogens is 2. The average Bonchev–Trinajstić information content (AvgIpc) is 2.80. The fraction of sp³-hybridized carbons (Fsp3) is 0.679. The quantitative estimate of drug-likeness (QED) is 0.519. The molecule has 1 aromatic heterocycles. The smallest absolute Gasteiger partial charge is 0.306 e. The van der Waals surface area contributed by atoms with E-state index in [9.17, 15) is 9.59 Å². The van der Waals surface area contributed by atoms with Crippen molar-refractivity contribution in [3.05, 3.63) is 40.3 Å². The highest BCUT2D eigenvalue weighted by molar-refractivity contribution is 5.75. The van der Waals surface area contributed by atoms with E-state index < -0.39 is 0 Å². The molecule has 0 bridgehead atoms. The Balaban J connectivity index is 1.52. The summed E-state index contributed by atoms with van der Waals surface area (Å²) in [6.45, 7) is 6.31. The zero-order valence-electron chi connectivity index (χ0n) is 21.0. The van der Waals surface area contributed by atoms with Crippen molar-refractivity contribution in [2.75, 3.05) is 19.7 Å². The molecular weight excluding hydrogens is 426 g/mol. The SMILES string of the molecule is CCOC(=O)CC(C)Cc1nc2ccccc2n(C2CCN(C3CCCCCCC3)CC2)c1=O. The Morgan fingerprint density at radius 2 is 1.71 bits per heavy atom. The normalized spacial score (nSPS) is 20.1. The van der Waals surface area contributed by atoms with E-state index in [4.69, 9.17) is 9.72 Å². The third-order valence-corrected chi connectivity index (χ3v) is 7.68. The van der Waals surface area contributed by atoms with Gasteiger partial charge in [-0.2, -0.15) is 0 Å². The summed E-state index contributed by atoms with van der Waals surface area (Å²) in [7, 11) is 0. The van der Waals surface area contributed by atoms with Gasteiger partial charge in [-0.05, 0) is 57.1 Å². The van der Waals surface area contributed by atoms with Crippen molar-refractivity contribution >= 4 is 17.0 Å². The number of benzene rings is 1. The lowest BCUT2D eigenvalue weighted by Crippen LogP contribution is -2.44. The molecule has 1 saturated heterocycles. The standard InChI is InChI=1S/C28H41N3O3/c1-3-34-27(32)20-21(2)19-25-28(33)31(26-14-10-9-13-24(26)29-25)23-15-17-30(18-16-23)22-11-7-5-4-6-8-12-22/h9-10,13-14,21-23H,3-8,11-12,15-20H2,1-2H3. The van der Waals surface area contributed by atoms with Crippen LogP contribution in [0.4, 0.5) is 0 Å². The summed E-state index contributed by atoms with van der Waals surface area (Å²) in [6, 6.07) is 8.90. The van der Waals surface area contributed by atoms with Crippen molar-refractivity contribution in [3.8, 4) is 0 Å². The molecule has 1 aliphatic heterocycles. The van der Waals surface area contributed by atoms with E-state index >= 15 is 0 Å². The van der Waals surface area contributed by atoms with Gasteiger partial charge in [-0.25, -0.2) is 4.98 Å². The molecule has 1 unspecified atom stereocenters. The molecule has 2 aliphatic rings. The first-order chi connectivity index (χ1) is 16.6. The van der Waals surface area contributed by atoms with Gasteiger partial charge in [0.1, 0.15) is 5.69 Å². The minimum absolute atomic E-state index is 0.00928. The molecule has 2 aromatic rings. The number of hydrogen-bond donors (Lipinski definition) is 0. The van der Waals surface area contributed by atoms with Gasteiger partial charge in [-0.15, -0.1) is 0 Å². The fourth-order valence-electron chi connectivity index (χ4n) is 5.92. The highest BCUT2D eigenvalue weighted by Gasteiger charge is 2.28. The molecule has 1 aromatic carbocycles. The van der Waals surface area contributed by atoms with Crippen LogP contribution in [0.3, 0.4) is 0 Å². The molecular formula is C28H41N3O3. The lowest BCUT2D eigenvalue weighted by atomic mass is 9.93. The van der Waals surface area contributed by atoms with Crippen molar-refractivity contribution in [3.63, 3.8) is 0 Å². The maximum absolute atomic E-state index is 13.7. The van der Waals surface area contributed by atoms with Crippen LogP contribution >= 0.6 is 0 Å². The van der Waals surface area contributed by atoms with Crippen LogP contribution in [0.1, 0.15) is 89.8 Å². The number of ether oxygens (including phenoxy) is 1. The van der Waals surface area contributed by atoms with E-state index in [0.29, 0.717) is 31.2 Å². The monoisotopic (exact) mass is 467 g/mol. The number of hydrogen-bond acceptors (Lipinski definition) is 5. The molecule has 0 spiro atoms. The van der Waals surface area contributed by atoms with Crippen molar-refractivity contribution < 1.29 is 9.53 Å². The van der Waals surface area contributed by atoms with Gasteiger partial charge in [0, 0.05) is 31.6 Å². The predicted molar refractivity (Wildman–Crippen MR) is 136 cm³/mol. The largest absolute Gasteiger partial charge is 0.466 e. The maximum atomic E-state index is 13.7. The Labute approximate surface area is 203 Å². The summed E-state index contributed by atoms with van der Waals surface area (Å²) in [4.78, 5) is 33.0. The molecule has 6 heteroatoms. The third-order valence-electron chi connectivity index (χ3n) is 7.68. The van der Waals surface area contributed by atoms with E-state index in [1.165, 1.54) is 44.9 Å². The Hall–Kier alpha value is -2.21. The van der Waals surface area contributed by atoms with Gasteiger partial charge in [-0.3, -0.25) is 9.59 Å². The number of nitrogens with zero attached hydrogens (tertiary/aromatic N) is 3. The van der Waals surface area contributed by atoms with E-state index in [0.717, 1.165) is 37.0 Å². The van der Waals surface area contributed by atoms with Crippen molar-refractivity contribution in [2.24, 2.45) is 5.92 Å². The predicted octanol–water partition coefficient (Wildman–Crippen LogP) is 5.28. The maximum Gasteiger partial charge on any atom is 0.306 e. The number of likely N-dealkylation sites (tertiary alicyclic amines) is 1. The van der Waals surface area contributed by atoms with Crippen LogP contribution in [0.25, 0.3) is 11.0 Å². The van der Waals surface area contributed by atoms with E-state index in [-0.39, 0.29) is 23.5 Å². The summed E-state index contributed by atoms with van der Waals surface area (Å²) in [5, 5.41) is 0. The molecule has 4 rings (SSSR count). The summed E-state index contributed by atoms with van der Waals surface area (Å²) < 4.78 is 7.12. The summed E-state index contributed by atoms with van der Waals surface area (Å²) in [5.41, 5.74) is 2.37. The molecule has 1 saturated carbocycles. The number of carbonyl (C=O) groups excluding carboxylic acids is 1. The van der Waals surface area contributed by atoms with E-state index in [1.807, 2.05) is 42.7 Å². The lowest BCUT2D eigenvalue weighted by molar-refractivity contribution is -0.144. The Morgan fingerprint density at radius 1 is 1.03 bits per heavy atom. The molecule has 186 valence electrons. The van der Waals surface area contributed by atoms with Crippen molar-refractivity contribution in [1.29, 1.82) is 0 Å². The van der Waals surface area contributed by atoms with Gasteiger partial charge < -0.3 is 14.2 Å². The van der Waals surface area contributed by atoms with Gasteiger partial charge in [-0.1, -0.05) is 51.2 Å². The van der Waals surface area contributed by atoms with Gasteiger partial charge in [0.15, 0.2) is 0 Å². The highest BCUT2D eigenvalue weighted by atomic mass is 16.5. The number of rotatable bonds is 7. The summed E-state index contributed by atoms with van der Waals surface area (Å²) in [5.74, 6) is -0.201. The minimum atomic E-state index is -0.210. The highest BCUT2D eigenvalue weighted by Crippen LogP contribution is 2.29. The van der Waals surface area contributed by atoms with E-state index in [1.54, 1.807) is 0 Å². The zero-order chi connectivity index (χ0) is 23.9. The molecule has 0 N–H and O–H groups in total. The topological polar surface area (TPSA) is 64.4 Å². The van der Waals surface area contributed by atoms with Crippen LogP contribution in [0.2, 0.25) is 0 Å². The van der Waals surface area contributed by atoms with Crippen LogP contribution in [0.15, 0.2) is 29.1 Å². The second-order valence-corrected chi connectivity index (χ2v) is 10.3. The zero-order valence-corrected chi connectivity index (χ0v) is 21.0. The van der Waals surface area contributed by atoms with Crippen LogP contribution < -0.4 is 5.56 Å². The number of fused-ring (bicyclic) bond motifs is 1. The van der Waals surface area contributed by atoms with E-state index in [2.05, 4.69) is 4.90 Å². The van der Waals surface area contributed by atoms with Crippen LogP contribution in [0, 0.1) is 5.92 Å². The summed E-state index contributed by atoms with van der Waals surface area (Å²) >= 11 is 0. The molecule has 0 radical (unpaired) electrons. The molecule has 2 heterocycles. The second-order valence-electron chi connectivity index (χ2n) is 10.3.